The van der Waals surface area contributed by atoms with Crippen LogP contribution >= 0.6 is 22.9 Å². The minimum atomic E-state index is -0.478. The molecule has 3 rings (SSSR count). The van der Waals surface area contributed by atoms with E-state index in [0.717, 1.165) is 10.5 Å². The van der Waals surface area contributed by atoms with Crippen LogP contribution in [0.2, 0.25) is 5.15 Å². The van der Waals surface area contributed by atoms with E-state index in [-0.39, 0.29) is 6.61 Å². The molecular weight excluding hydrogens is 332 g/mol. The summed E-state index contributed by atoms with van der Waals surface area (Å²) < 4.78 is 6.84. The highest BCUT2D eigenvalue weighted by molar-refractivity contribution is 7.15. The zero-order chi connectivity index (χ0) is 16.1. The van der Waals surface area contributed by atoms with E-state index < -0.39 is 5.97 Å². The molecule has 0 unspecified atom stereocenters. The molecule has 0 aliphatic rings. The molecule has 0 spiro atoms. The van der Waals surface area contributed by atoms with Gasteiger partial charge in [-0.15, -0.1) is 11.3 Å². The number of ether oxygens (including phenoxy) is 1. The van der Waals surface area contributed by atoms with Crippen LogP contribution in [0.3, 0.4) is 0 Å². The summed E-state index contributed by atoms with van der Waals surface area (Å²) in [4.78, 5) is 16.6. The fourth-order valence-corrected chi connectivity index (χ4v) is 2.89. The number of halogens is 1. The van der Waals surface area contributed by atoms with Crippen molar-refractivity contribution in [1.82, 2.24) is 9.38 Å². The van der Waals surface area contributed by atoms with E-state index in [9.17, 15) is 4.79 Å². The normalized spacial score (nSPS) is 10.7. The summed E-state index contributed by atoms with van der Waals surface area (Å²) in [6.45, 7) is 0.0338. The molecule has 2 aromatic heterocycles. The number of imidazole rings is 1. The van der Waals surface area contributed by atoms with Gasteiger partial charge < -0.3 is 4.74 Å². The van der Waals surface area contributed by atoms with Crippen LogP contribution in [0.1, 0.15) is 11.3 Å². The lowest BCUT2D eigenvalue weighted by Crippen LogP contribution is -2.00. The molecule has 0 aliphatic heterocycles. The number of hydrogen-bond donors (Lipinski definition) is 0. The van der Waals surface area contributed by atoms with Crippen molar-refractivity contribution < 1.29 is 9.53 Å². The maximum absolute atomic E-state index is 11.7. The Labute approximate surface area is 142 Å². The molecule has 0 atom stereocenters. The van der Waals surface area contributed by atoms with Gasteiger partial charge in [-0.1, -0.05) is 41.6 Å². The van der Waals surface area contributed by atoms with Gasteiger partial charge in [-0.05, 0) is 18.2 Å². The lowest BCUT2D eigenvalue weighted by molar-refractivity contribution is -0.136. The Morgan fingerprint density at radius 3 is 3.04 bits per heavy atom. The highest BCUT2D eigenvalue weighted by Crippen LogP contribution is 2.22. The summed E-state index contributed by atoms with van der Waals surface area (Å²) in [6, 6.07) is 9.51. The van der Waals surface area contributed by atoms with Crippen molar-refractivity contribution >= 4 is 39.9 Å². The van der Waals surface area contributed by atoms with Gasteiger partial charge in [0, 0.05) is 23.2 Å². The Hall–Kier alpha value is -2.55. The number of hydrogen-bond acceptors (Lipinski definition) is 4. The van der Waals surface area contributed by atoms with Gasteiger partial charge in [-0.25, -0.2) is 9.78 Å². The van der Waals surface area contributed by atoms with E-state index in [0.29, 0.717) is 10.8 Å². The van der Waals surface area contributed by atoms with Crippen LogP contribution in [0.5, 0.6) is 0 Å². The fourth-order valence-electron chi connectivity index (χ4n) is 1.89. The molecule has 0 N–H and O–H groups in total. The van der Waals surface area contributed by atoms with Crippen LogP contribution in [0, 0.1) is 11.8 Å². The Morgan fingerprint density at radius 2 is 2.22 bits per heavy atom. The molecule has 0 fully saturated rings. The average Bonchev–Trinajstić information content (AvgIpc) is 3.11. The molecule has 114 valence electrons. The second-order valence-corrected chi connectivity index (χ2v) is 5.68. The number of aromatic nitrogens is 2. The fraction of sp³-hybridized carbons (Fsp3) is 0.0588. The second-order valence-electron chi connectivity index (χ2n) is 4.45. The monoisotopic (exact) mass is 342 g/mol. The van der Waals surface area contributed by atoms with Crippen LogP contribution < -0.4 is 0 Å². The Bertz CT molecular complexity index is 916. The summed E-state index contributed by atoms with van der Waals surface area (Å²) in [5, 5.41) is 2.25. The zero-order valence-electron chi connectivity index (χ0n) is 11.9. The number of esters is 1. The number of carbonyl (C=O) groups is 1. The van der Waals surface area contributed by atoms with E-state index in [1.165, 1.54) is 17.4 Å². The quantitative estimate of drug-likeness (QED) is 0.414. The Kier molecular flexibility index (Phi) is 4.77. The molecular formula is C17H11ClN2O2S. The van der Waals surface area contributed by atoms with Gasteiger partial charge in [0.15, 0.2) is 16.7 Å². The maximum atomic E-state index is 11.7. The van der Waals surface area contributed by atoms with E-state index >= 15 is 0 Å². The average molecular weight is 343 g/mol. The van der Waals surface area contributed by atoms with Crippen molar-refractivity contribution in [1.29, 1.82) is 0 Å². The number of thiazole rings is 1. The third-order valence-corrected chi connectivity index (χ3v) is 3.96. The van der Waals surface area contributed by atoms with Crippen LogP contribution in [-0.4, -0.2) is 22.0 Å². The summed E-state index contributed by atoms with van der Waals surface area (Å²) in [6.07, 6.45) is 4.74. The number of fused-ring (bicyclic) bond motifs is 1. The van der Waals surface area contributed by atoms with Crippen LogP contribution in [-0.2, 0) is 9.53 Å². The van der Waals surface area contributed by atoms with Crippen molar-refractivity contribution in [3.8, 4) is 11.8 Å². The summed E-state index contributed by atoms with van der Waals surface area (Å²) in [7, 11) is 0. The van der Waals surface area contributed by atoms with Gasteiger partial charge in [0.25, 0.3) is 0 Å². The first-order chi connectivity index (χ1) is 11.2. The van der Waals surface area contributed by atoms with Crippen molar-refractivity contribution in [2.75, 3.05) is 6.61 Å². The minimum absolute atomic E-state index is 0.0338. The Morgan fingerprint density at radius 1 is 1.39 bits per heavy atom. The molecule has 2 heterocycles. The lowest BCUT2D eigenvalue weighted by Gasteiger charge is -1.95. The van der Waals surface area contributed by atoms with Gasteiger partial charge >= 0.3 is 5.97 Å². The van der Waals surface area contributed by atoms with Crippen molar-refractivity contribution in [3.63, 3.8) is 0 Å². The third-order valence-electron chi connectivity index (χ3n) is 2.92. The highest BCUT2D eigenvalue weighted by atomic mass is 35.5. The Balaban J connectivity index is 1.58. The van der Waals surface area contributed by atoms with E-state index in [1.807, 2.05) is 46.3 Å². The number of benzene rings is 1. The van der Waals surface area contributed by atoms with E-state index in [4.69, 9.17) is 16.3 Å². The van der Waals surface area contributed by atoms with Gasteiger partial charge in [-0.2, -0.15) is 0 Å². The molecule has 0 saturated heterocycles. The molecule has 0 saturated carbocycles. The summed E-state index contributed by atoms with van der Waals surface area (Å²) in [5.41, 5.74) is 1.53. The van der Waals surface area contributed by atoms with Crippen LogP contribution in [0.4, 0.5) is 0 Å². The number of rotatable bonds is 3. The number of carbonyl (C=O) groups excluding carboxylic acids is 1. The predicted molar refractivity (Wildman–Crippen MR) is 91.4 cm³/mol. The molecule has 0 aliphatic carbocycles. The van der Waals surface area contributed by atoms with Crippen molar-refractivity contribution in [2.45, 2.75) is 0 Å². The topological polar surface area (TPSA) is 43.6 Å². The first kappa shape index (κ1) is 15.3. The second kappa shape index (κ2) is 7.14. The standard InChI is InChI=1S/C17H11ClN2O2S/c18-16-14(20-10-12-23-17(20)19-16)8-9-15(21)22-11-4-7-13-5-2-1-3-6-13/h1-3,5-6,8-10,12H,11H2/b9-8+. The van der Waals surface area contributed by atoms with Gasteiger partial charge in [0.05, 0.1) is 5.69 Å². The molecule has 0 amide bonds. The molecule has 4 nitrogen and oxygen atoms in total. The lowest BCUT2D eigenvalue weighted by atomic mass is 10.2. The first-order valence-electron chi connectivity index (χ1n) is 6.74. The maximum Gasteiger partial charge on any atom is 0.331 e. The zero-order valence-corrected chi connectivity index (χ0v) is 13.5. The van der Waals surface area contributed by atoms with Crippen molar-refractivity contribution in [2.24, 2.45) is 0 Å². The molecule has 0 bridgehead atoms. The molecule has 23 heavy (non-hydrogen) atoms. The minimum Gasteiger partial charge on any atom is -0.449 e. The molecule has 3 aromatic rings. The highest BCUT2D eigenvalue weighted by Gasteiger charge is 2.08. The smallest absolute Gasteiger partial charge is 0.331 e. The van der Waals surface area contributed by atoms with E-state index in [2.05, 4.69) is 16.8 Å². The largest absolute Gasteiger partial charge is 0.449 e. The first-order valence-corrected chi connectivity index (χ1v) is 7.99. The number of nitrogens with zero attached hydrogens (tertiary/aromatic N) is 2. The molecule has 1 aromatic carbocycles. The predicted octanol–water partition coefficient (Wildman–Crippen LogP) is 3.66. The van der Waals surface area contributed by atoms with E-state index in [1.54, 1.807) is 6.08 Å². The van der Waals surface area contributed by atoms with Crippen LogP contribution in [0.15, 0.2) is 48.0 Å². The molecule has 6 heteroatoms. The summed E-state index contributed by atoms with van der Waals surface area (Å²) >= 11 is 7.51. The van der Waals surface area contributed by atoms with Gasteiger partial charge in [-0.3, -0.25) is 4.40 Å². The SMILES string of the molecule is O=C(/C=C/c1c(Cl)nc2sccn12)OCC#Cc1ccccc1. The third kappa shape index (κ3) is 3.81. The van der Waals surface area contributed by atoms with Crippen molar-refractivity contribution in [3.05, 3.63) is 64.4 Å². The molecule has 0 radical (unpaired) electrons. The van der Waals surface area contributed by atoms with Gasteiger partial charge in [0.1, 0.15) is 0 Å². The van der Waals surface area contributed by atoms with Crippen LogP contribution in [0.25, 0.3) is 11.0 Å². The van der Waals surface area contributed by atoms with Gasteiger partial charge in [0.2, 0.25) is 0 Å². The summed E-state index contributed by atoms with van der Waals surface area (Å²) in [5.74, 6) is 5.23.